The Morgan fingerprint density at radius 1 is 0.882 bits per heavy atom. The van der Waals surface area contributed by atoms with E-state index in [1.165, 1.54) is 0 Å². The minimum absolute atomic E-state index is 0.261. The molecule has 0 saturated carbocycles. The van der Waals surface area contributed by atoms with Gasteiger partial charge in [-0.3, -0.25) is 4.57 Å². The van der Waals surface area contributed by atoms with Gasteiger partial charge in [0.1, 0.15) is 0 Å². The second-order valence-corrected chi connectivity index (χ2v) is 5.99. The first-order chi connectivity index (χ1) is 8.12. The Labute approximate surface area is 99.8 Å². The predicted octanol–water partition coefficient (Wildman–Crippen LogP) is 2.27. The second-order valence-electron chi connectivity index (χ2n) is 3.74. The molecule has 0 aliphatic rings. The van der Waals surface area contributed by atoms with E-state index in [4.69, 9.17) is 0 Å². The van der Waals surface area contributed by atoms with Crippen molar-refractivity contribution in [3.05, 3.63) is 66.2 Å². The van der Waals surface area contributed by atoms with Crippen LogP contribution in [-0.2, 0) is 4.57 Å². The van der Waals surface area contributed by atoms with E-state index in [1.807, 2.05) is 0 Å². The number of rotatable bonds is 3. The molecule has 17 heavy (non-hydrogen) atoms. The van der Waals surface area contributed by atoms with Gasteiger partial charge in [0.2, 0.25) is 0 Å². The van der Waals surface area contributed by atoms with Crippen LogP contribution in [0.25, 0.3) is 0 Å². The Hall–Kier alpha value is -1.41. The van der Waals surface area contributed by atoms with Crippen molar-refractivity contribution in [1.29, 1.82) is 0 Å². The molecule has 2 aromatic rings. The van der Waals surface area contributed by atoms with Crippen molar-refractivity contribution in [2.75, 3.05) is 0 Å². The summed E-state index contributed by atoms with van der Waals surface area (Å²) in [5.74, 6) is -1.38. The number of benzene rings is 2. The van der Waals surface area contributed by atoms with Gasteiger partial charge < -0.3 is 10.00 Å². The maximum Gasteiger partial charge on any atom is 0.261 e. The lowest BCUT2D eigenvalue weighted by atomic mass is 10.2. The molecular formula is C13H13O3P. The Morgan fingerprint density at radius 3 is 1.88 bits per heavy atom. The SMILES string of the molecule is O=P(O)(c1ccccc1)C(O)c1ccccc1. The summed E-state index contributed by atoms with van der Waals surface area (Å²) >= 11 is 0. The topological polar surface area (TPSA) is 57.5 Å². The monoisotopic (exact) mass is 248 g/mol. The molecule has 2 N–H and O–H groups in total. The molecule has 2 rings (SSSR count). The fourth-order valence-corrected chi connectivity index (χ4v) is 3.07. The van der Waals surface area contributed by atoms with Crippen molar-refractivity contribution in [3.63, 3.8) is 0 Å². The van der Waals surface area contributed by atoms with E-state index in [2.05, 4.69) is 0 Å². The number of hydrogen-bond donors (Lipinski definition) is 2. The molecule has 4 heteroatoms. The first kappa shape index (κ1) is 12.1. The summed E-state index contributed by atoms with van der Waals surface area (Å²) in [7, 11) is -3.80. The van der Waals surface area contributed by atoms with Gasteiger partial charge in [-0.05, 0) is 17.7 Å². The van der Waals surface area contributed by atoms with Gasteiger partial charge >= 0.3 is 0 Å². The van der Waals surface area contributed by atoms with Gasteiger partial charge in [-0.2, -0.15) is 0 Å². The van der Waals surface area contributed by atoms with Crippen LogP contribution in [-0.4, -0.2) is 10.00 Å². The number of aliphatic hydroxyl groups is 1. The normalized spacial score (nSPS) is 16.1. The highest BCUT2D eigenvalue weighted by molar-refractivity contribution is 7.66. The van der Waals surface area contributed by atoms with Crippen LogP contribution >= 0.6 is 7.37 Å². The van der Waals surface area contributed by atoms with E-state index < -0.39 is 13.2 Å². The maximum atomic E-state index is 12.2. The Balaban J connectivity index is 2.37. The Bertz CT molecular complexity index is 525. The minimum atomic E-state index is -3.80. The van der Waals surface area contributed by atoms with Gasteiger partial charge in [0.05, 0.1) is 0 Å². The van der Waals surface area contributed by atoms with E-state index in [-0.39, 0.29) is 5.30 Å². The molecule has 0 aliphatic carbocycles. The summed E-state index contributed by atoms with van der Waals surface area (Å²) in [6.07, 6.45) is 0. The van der Waals surface area contributed by atoms with Crippen molar-refractivity contribution >= 4 is 12.7 Å². The zero-order valence-corrected chi connectivity index (χ0v) is 10.00. The molecule has 0 bridgehead atoms. The van der Waals surface area contributed by atoms with Gasteiger partial charge in [0.25, 0.3) is 7.37 Å². The van der Waals surface area contributed by atoms with Gasteiger partial charge in [0.15, 0.2) is 5.85 Å². The lowest BCUT2D eigenvalue weighted by Crippen LogP contribution is -2.10. The van der Waals surface area contributed by atoms with Crippen molar-refractivity contribution in [2.24, 2.45) is 0 Å². The third kappa shape index (κ3) is 2.47. The highest BCUT2D eigenvalue weighted by Crippen LogP contribution is 2.52. The molecule has 0 spiro atoms. The molecule has 0 aliphatic heterocycles. The van der Waals surface area contributed by atoms with E-state index in [9.17, 15) is 14.6 Å². The van der Waals surface area contributed by atoms with Crippen molar-refractivity contribution in [2.45, 2.75) is 5.85 Å². The molecular weight excluding hydrogens is 235 g/mol. The third-order valence-corrected chi connectivity index (χ3v) is 4.55. The van der Waals surface area contributed by atoms with E-state index >= 15 is 0 Å². The highest BCUT2D eigenvalue weighted by atomic mass is 31.2. The van der Waals surface area contributed by atoms with Crippen molar-refractivity contribution < 1.29 is 14.6 Å². The largest absolute Gasteiger partial charge is 0.378 e. The van der Waals surface area contributed by atoms with Crippen LogP contribution in [0, 0.1) is 0 Å². The molecule has 2 aromatic carbocycles. The number of aliphatic hydroxyl groups excluding tert-OH is 1. The standard InChI is InChI=1S/C13H13O3P/c14-13(11-7-3-1-4-8-11)17(15,16)12-9-5-2-6-10-12/h1-10,13-14H,(H,15,16). The van der Waals surface area contributed by atoms with Gasteiger partial charge in [0, 0.05) is 5.30 Å². The Morgan fingerprint density at radius 2 is 1.35 bits per heavy atom. The van der Waals surface area contributed by atoms with Crippen LogP contribution in [0.5, 0.6) is 0 Å². The quantitative estimate of drug-likeness (QED) is 0.819. The van der Waals surface area contributed by atoms with Crippen molar-refractivity contribution in [1.82, 2.24) is 0 Å². The van der Waals surface area contributed by atoms with Crippen LogP contribution < -0.4 is 5.30 Å². The summed E-state index contributed by atoms with van der Waals surface area (Å²) in [5.41, 5.74) is 0.446. The van der Waals surface area contributed by atoms with E-state index in [0.29, 0.717) is 5.56 Å². The second kappa shape index (κ2) is 4.84. The zero-order chi connectivity index (χ0) is 12.3. The van der Waals surface area contributed by atoms with Crippen LogP contribution in [0.4, 0.5) is 0 Å². The molecule has 0 amide bonds. The van der Waals surface area contributed by atoms with Crippen LogP contribution in [0.3, 0.4) is 0 Å². The third-order valence-electron chi connectivity index (χ3n) is 2.56. The first-order valence-electron chi connectivity index (χ1n) is 5.23. The molecule has 0 heterocycles. The fourth-order valence-electron chi connectivity index (χ4n) is 1.61. The summed E-state index contributed by atoms with van der Waals surface area (Å²) in [5, 5.41) is 10.2. The molecule has 0 saturated heterocycles. The predicted molar refractivity (Wildman–Crippen MR) is 67.3 cm³/mol. The summed E-state index contributed by atoms with van der Waals surface area (Å²) < 4.78 is 12.2. The van der Waals surface area contributed by atoms with Crippen molar-refractivity contribution in [3.8, 4) is 0 Å². The molecule has 3 nitrogen and oxygen atoms in total. The molecule has 2 atom stereocenters. The highest BCUT2D eigenvalue weighted by Gasteiger charge is 2.32. The Kier molecular flexibility index (Phi) is 3.43. The van der Waals surface area contributed by atoms with Gasteiger partial charge in [-0.25, -0.2) is 0 Å². The summed E-state index contributed by atoms with van der Waals surface area (Å²) in [6, 6.07) is 16.7. The smallest absolute Gasteiger partial charge is 0.261 e. The average Bonchev–Trinajstić information content (AvgIpc) is 2.40. The lowest BCUT2D eigenvalue weighted by Gasteiger charge is -2.18. The van der Waals surface area contributed by atoms with Crippen LogP contribution in [0.15, 0.2) is 60.7 Å². The molecule has 2 unspecified atom stereocenters. The first-order valence-corrected chi connectivity index (χ1v) is 6.96. The van der Waals surface area contributed by atoms with Crippen LogP contribution in [0.2, 0.25) is 0 Å². The van der Waals surface area contributed by atoms with Gasteiger partial charge in [-0.15, -0.1) is 0 Å². The average molecular weight is 248 g/mol. The maximum absolute atomic E-state index is 12.2. The van der Waals surface area contributed by atoms with E-state index in [1.54, 1.807) is 60.7 Å². The zero-order valence-electron chi connectivity index (χ0n) is 9.10. The molecule has 88 valence electrons. The lowest BCUT2D eigenvalue weighted by molar-refractivity contribution is 0.238. The van der Waals surface area contributed by atoms with Crippen LogP contribution in [0.1, 0.15) is 11.4 Å². The van der Waals surface area contributed by atoms with Gasteiger partial charge in [-0.1, -0.05) is 48.5 Å². The summed E-state index contributed by atoms with van der Waals surface area (Å²) in [4.78, 5) is 10.0. The fraction of sp³-hybridized carbons (Fsp3) is 0.0769. The molecule has 0 aromatic heterocycles. The van der Waals surface area contributed by atoms with E-state index in [0.717, 1.165) is 0 Å². The molecule has 0 radical (unpaired) electrons. The number of hydrogen-bond acceptors (Lipinski definition) is 2. The molecule has 0 fully saturated rings. The summed E-state index contributed by atoms with van der Waals surface area (Å²) in [6.45, 7) is 0. The minimum Gasteiger partial charge on any atom is -0.378 e.